The average molecular weight is 490 g/mol. The number of aliphatic hydroxyl groups excluding tert-OH is 1. The summed E-state index contributed by atoms with van der Waals surface area (Å²) in [4.78, 5) is 54.3. The van der Waals surface area contributed by atoms with Crippen molar-refractivity contribution in [2.45, 2.75) is 68.5 Å². The molecule has 3 aliphatic rings. The van der Waals surface area contributed by atoms with Crippen LogP contribution in [-0.4, -0.2) is 80.0 Å². The minimum atomic E-state index is -1.56. The lowest BCUT2D eigenvalue weighted by atomic mass is 9.87. The maximum Gasteiger partial charge on any atom is 0.330 e. The molecule has 34 heavy (non-hydrogen) atoms. The van der Waals surface area contributed by atoms with Gasteiger partial charge in [-0.25, -0.2) is 4.79 Å². The molecule has 3 amide bonds. The molecular formula is C24H31N3O6S. The quantitative estimate of drug-likeness (QED) is 0.432. The molecule has 0 aliphatic carbocycles. The van der Waals surface area contributed by atoms with Crippen molar-refractivity contribution in [2.75, 3.05) is 13.1 Å². The predicted octanol–water partition coefficient (Wildman–Crippen LogP) is 0.896. The molecule has 184 valence electrons. The number of carbonyl (C=O) groups is 4. The molecule has 2 N–H and O–H groups in total. The van der Waals surface area contributed by atoms with Crippen molar-refractivity contribution in [3.8, 4) is 0 Å². The number of hydrogen-bond donors (Lipinski definition) is 2. The van der Waals surface area contributed by atoms with Crippen molar-refractivity contribution in [1.82, 2.24) is 15.1 Å². The van der Waals surface area contributed by atoms with Crippen molar-refractivity contribution in [3.05, 3.63) is 35.9 Å². The molecule has 3 fully saturated rings. The summed E-state index contributed by atoms with van der Waals surface area (Å²) in [6.45, 7) is 6.43. The monoisotopic (exact) mass is 489 g/mol. The third-order valence-electron chi connectivity index (χ3n) is 6.71. The van der Waals surface area contributed by atoms with Gasteiger partial charge in [-0.3, -0.25) is 14.4 Å². The summed E-state index contributed by atoms with van der Waals surface area (Å²) in [5, 5.41) is 13.1. The zero-order valence-electron chi connectivity index (χ0n) is 19.6. The largest absolute Gasteiger partial charge is 0.459 e. The van der Waals surface area contributed by atoms with Gasteiger partial charge in [-0.1, -0.05) is 30.3 Å². The minimum Gasteiger partial charge on any atom is -0.459 e. The van der Waals surface area contributed by atoms with E-state index in [2.05, 4.69) is 5.32 Å². The summed E-state index contributed by atoms with van der Waals surface area (Å²) in [6, 6.07) is 7.83. The fourth-order valence-corrected chi connectivity index (χ4v) is 6.75. The lowest BCUT2D eigenvalue weighted by molar-refractivity contribution is -0.175. The number of β-lactam (4-membered cyclic amide) rings is 1. The number of aliphatic hydroxyl groups is 1. The van der Waals surface area contributed by atoms with Crippen LogP contribution < -0.4 is 5.32 Å². The molecule has 0 saturated carbocycles. The maximum absolute atomic E-state index is 13.1. The molecule has 1 aromatic carbocycles. The first-order chi connectivity index (χ1) is 16.2. The van der Waals surface area contributed by atoms with Gasteiger partial charge in [0, 0.05) is 17.8 Å². The summed E-state index contributed by atoms with van der Waals surface area (Å²) < 4.78 is 4.86. The molecule has 9 nitrogen and oxygen atoms in total. The second kappa shape index (κ2) is 9.58. The van der Waals surface area contributed by atoms with Crippen molar-refractivity contribution < 1.29 is 29.0 Å². The number of carbonyl (C=O) groups excluding carboxylic acids is 4. The third kappa shape index (κ3) is 4.29. The van der Waals surface area contributed by atoms with E-state index in [4.69, 9.17) is 4.74 Å². The Morgan fingerprint density at radius 3 is 2.65 bits per heavy atom. The highest BCUT2D eigenvalue weighted by Crippen LogP contribution is 2.54. The highest BCUT2D eigenvalue weighted by molar-refractivity contribution is 8.01. The van der Waals surface area contributed by atoms with Gasteiger partial charge in [-0.15, -0.1) is 11.8 Å². The highest BCUT2D eigenvalue weighted by Gasteiger charge is 2.66. The standard InChI is InChI=1S/C24H31N3O6S/c1-4-25-19(29)15-11-8-12-26(15)21(31)17(28)16-20(30)27-18(24(2,3)34-22(16)27)23(32)33-13-14-9-6-5-7-10-14/h5-7,9-10,15-18,22,28H,4,8,11-13H2,1-3H3,(H,25,29)/t15-,16+,17-,18-,22+/m0/s1. The average Bonchev–Trinajstić information content (AvgIpc) is 3.39. The Kier molecular flexibility index (Phi) is 6.91. The zero-order valence-corrected chi connectivity index (χ0v) is 20.4. The maximum atomic E-state index is 13.1. The first-order valence-corrected chi connectivity index (χ1v) is 12.5. The molecule has 3 heterocycles. The Balaban J connectivity index is 1.44. The van der Waals surface area contributed by atoms with E-state index in [1.807, 2.05) is 44.2 Å². The number of nitrogens with zero attached hydrogens (tertiary/aromatic N) is 2. The van der Waals surface area contributed by atoms with E-state index in [-0.39, 0.29) is 12.5 Å². The van der Waals surface area contributed by atoms with E-state index >= 15 is 0 Å². The van der Waals surface area contributed by atoms with Gasteiger partial charge in [-0.2, -0.15) is 0 Å². The highest BCUT2D eigenvalue weighted by atomic mass is 32.2. The molecule has 0 bridgehead atoms. The van der Waals surface area contributed by atoms with Gasteiger partial charge in [0.25, 0.3) is 5.91 Å². The summed E-state index contributed by atoms with van der Waals surface area (Å²) in [7, 11) is 0. The summed E-state index contributed by atoms with van der Waals surface area (Å²) >= 11 is 1.39. The molecule has 10 heteroatoms. The molecule has 5 atom stereocenters. The lowest BCUT2D eigenvalue weighted by Crippen LogP contribution is -2.67. The van der Waals surface area contributed by atoms with Crippen LogP contribution in [0.5, 0.6) is 0 Å². The normalized spacial score (nSPS) is 28.2. The number of hydrogen-bond acceptors (Lipinski definition) is 7. The zero-order chi connectivity index (χ0) is 24.6. The smallest absolute Gasteiger partial charge is 0.330 e. The Morgan fingerprint density at radius 1 is 1.26 bits per heavy atom. The third-order valence-corrected chi connectivity index (χ3v) is 8.30. The molecule has 3 saturated heterocycles. The van der Waals surface area contributed by atoms with Crippen LogP contribution in [-0.2, 0) is 30.5 Å². The van der Waals surface area contributed by atoms with E-state index < -0.39 is 52.0 Å². The van der Waals surface area contributed by atoms with Gasteiger partial charge in [-0.05, 0) is 39.2 Å². The first-order valence-electron chi connectivity index (χ1n) is 11.6. The van der Waals surface area contributed by atoms with Gasteiger partial charge in [0.2, 0.25) is 11.8 Å². The molecule has 1 aromatic rings. The van der Waals surface area contributed by atoms with E-state index in [9.17, 15) is 24.3 Å². The van der Waals surface area contributed by atoms with Crippen LogP contribution >= 0.6 is 11.8 Å². The molecular weight excluding hydrogens is 458 g/mol. The molecule has 0 unspecified atom stereocenters. The van der Waals surface area contributed by atoms with Crippen LogP contribution in [0.2, 0.25) is 0 Å². The number of ether oxygens (including phenoxy) is 1. The molecule has 0 aromatic heterocycles. The van der Waals surface area contributed by atoms with E-state index in [0.717, 1.165) is 5.56 Å². The van der Waals surface area contributed by atoms with Crippen LogP contribution in [0.1, 0.15) is 39.2 Å². The van der Waals surface area contributed by atoms with Crippen molar-refractivity contribution in [3.63, 3.8) is 0 Å². The number of esters is 1. The summed E-state index contributed by atoms with van der Waals surface area (Å²) in [5.74, 6) is -2.77. The van der Waals surface area contributed by atoms with E-state index in [0.29, 0.717) is 25.9 Å². The number of nitrogens with one attached hydrogen (secondary N) is 1. The van der Waals surface area contributed by atoms with E-state index in [1.54, 1.807) is 6.92 Å². The number of likely N-dealkylation sites (tertiary alicyclic amines) is 1. The fraction of sp³-hybridized carbons (Fsp3) is 0.583. The predicted molar refractivity (Wildman–Crippen MR) is 125 cm³/mol. The van der Waals surface area contributed by atoms with Gasteiger partial charge < -0.3 is 25.0 Å². The number of rotatable bonds is 7. The van der Waals surface area contributed by atoms with Crippen LogP contribution in [0, 0.1) is 5.92 Å². The van der Waals surface area contributed by atoms with Crippen LogP contribution in [0.4, 0.5) is 0 Å². The second-order valence-corrected chi connectivity index (χ2v) is 11.2. The van der Waals surface area contributed by atoms with Crippen molar-refractivity contribution in [1.29, 1.82) is 0 Å². The van der Waals surface area contributed by atoms with Crippen molar-refractivity contribution >= 4 is 35.5 Å². The second-order valence-electron chi connectivity index (χ2n) is 9.41. The number of benzene rings is 1. The van der Waals surface area contributed by atoms with Crippen LogP contribution in [0.25, 0.3) is 0 Å². The van der Waals surface area contributed by atoms with Gasteiger partial charge >= 0.3 is 5.97 Å². The minimum absolute atomic E-state index is 0.102. The van der Waals surface area contributed by atoms with Gasteiger partial charge in [0.1, 0.15) is 30.7 Å². The first kappa shape index (κ1) is 24.5. The van der Waals surface area contributed by atoms with Crippen molar-refractivity contribution in [2.24, 2.45) is 5.92 Å². The Morgan fingerprint density at radius 2 is 1.97 bits per heavy atom. The number of thioether (sulfide) groups is 1. The van der Waals surface area contributed by atoms with E-state index in [1.165, 1.54) is 21.6 Å². The topological polar surface area (TPSA) is 116 Å². The fourth-order valence-electron chi connectivity index (χ4n) is 5.04. The number of amides is 3. The summed E-state index contributed by atoms with van der Waals surface area (Å²) in [5.41, 5.74) is 0.844. The van der Waals surface area contributed by atoms with Gasteiger partial charge in [0.15, 0.2) is 0 Å². The molecule has 0 radical (unpaired) electrons. The molecule has 0 spiro atoms. The number of fused-ring (bicyclic) bond motifs is 1. The Bertz CT molecular complexity index is 971. The molecule has 3 aliphatic heterocycles. The summed E-state index contributed by atoms with van der Waals surface area (Å²) in [6.07, 6.45) is -0.382. The Hall–Kier alpha value is -2.59. The SMILES string of the molecule is CCNC(=O)[C@@H]1CCCN1C(=O)[C@@H](O)[C@@H]1C(=O)N2[C@@H]1SC(C)(C)[C@@H]2C(=O)OCc1ccccc1. The van der Waals surface area contributed by atoms with Crippen LogP contribution in [0.15, 0.2) is 30.3 Å². The van der Waals surface area contributed by atoms with Gasteiger partial charge in [0.05, 0.1) is 5.37 Å². The molecule has 4 rings (SSSR count). The Labute approximate surface area is 203 Å². The number of likely N-dealkylation sites (N-methyl/N-ethyl adjacent to an activating group) is 1. The lowest BCUT2D eigenvalue weighted by Gasteiger charge is -2.46. The van der Waals surface area contributed by atoms with Crippen LogP contribution in [0.3, 0.4) is 0 Å².